The van der Waals surface area contributed by atoms with Gasteiger partial charge in [0.2, 0.25) is 5.91 Å². The number of ether oxygens (including phenoxy) is 4. The molecule has 0 heterocycles. The van der Waals surface area contributed by atoms with E-state index >= 15 is 0 Å². The second-order valence-electron chi connectivity index (χ2n) is 12.6. The van der Waals surface area contributed by atoms with E-state index in [1.807, 2.05) is 20.8 Å². The van der Waals surface area contributed by atoms with Gasteiger partial charge in [0.25, 0.3) is 11.4 Å². The average molecular weight is 682 g/mol. The number of Topliss-reactive ketones (excluding diaryl/α,β-unsaturated/α-hetero) is 1. The molecule has 0 spiro atoms. The molecule has 0 atom stereocenters. The van der Waals surface area contributed by atoms with Gasteiger partial charge in [0.05, 0.1) is 42.3 Å². The Bertz CT molecular complexity index is 1180. The van der Waals surface area contributed by atoms with Crippen molar-refractivity contribution in [1.29, 1.82) is 0 Å². The SMILES string of the molecule is CC(C)(C)OC(=O)NC1CCC(CC(=O)CCC(=O)NCCCOCCOCCOCCCNc2ccc([N+](=O)[O-])cc2[N+](=O)[O-])CC1. The zero-order valence-electron chi connectivity index (χ0n) is 28.3. The molecular weight excluding hydrogens is 630 g/mol. The van der Waals surface area contributed by atoms with Gasteiger partial charge in [-0.15, -0.1) is 0 Å². The van der Waals surface area contributed by atoms with E-state index in [1.54, 1.807) is 0 Å². The highest BCUT2D eigenvalue weighted by atomic mass is 16.6. The summed E-state index contributed by atoms with van der Waals surface area (Å²) in [6.07, 6.45) is 5.02. The van der Waals surface area contributed by atoms with Crippen LogP contribution < -0.4 is 16.0 Å². The van der Waals surface area contributed by atoms with Crippen LogP contribution in [0.2, 0.25) is 0 Å². The highest BCUT2D eigenvalue weighted by Gasteiger charge is 2.26. The van der Waals surface area contributed by atoms with Crippen LogP contribution in [0.25, 0.3) is 0 Å². The highest BCUT2D eigenvalue weighted by molar-refractivity contribution is 5.85. The van der Waals surface area contributed by atoms with Gasteiger partial charge in [-0.25, -0.2) is 4.79 Å². The number of benzene rings is 1. The molecule has 1 fully saturated rings. The second-order valence-corrected chi connectivity index (χ2v) is 12.6. The number of nitrogens with zero attached hydrogens (tertiary/aromatic N) is 2. The first-order valence-corrected chi connectivity index (χ1v) is 16.5. The maximum atomic E-state index is 12.4. The smallest absolute Gasteiger partial charge is 0.407 e. The standard InChI is InChI=1S/C32H51N5O11/c1-32(2,3)48-31(40)35-25-8-6-24(7-9-25)22-27(38)11-13-30(39)34-15-5-17-46-19-21-47-20-18-45-16-4-14-33-28-12-10-26(36(41)42)23-29(28)37(43)44/h10,12,23-25,33H,4-9,11,13-22H2,1-3H3,(H,34,39)(H,35,40). The van der Waals surface area contributed by atoms with E-state index in [2.05, 4.69) is 16.0 Å². The van der Waals surface area contributed by atoms with Crippen LogP contribution in [0, 0.1) is 26.1 Å². The number of hydrogen-bond donors (Lipinski definition) is 3. The van der Waals surface area contributed by atoms with Gasteiger partial charge in [-0.05, 0) is 71.3 Å². The van der Waals surface area contributed by atoms with Crippen LogP contribution in [-0.4, -0.2) is 92.0 Å². The fourth-order valence-corrected chi connectivity index (χ4v) is 5.03. The minimum atomic E-state index is -0.680. The van der Waals surface area contributed by atoms with E-state index in [1.165, 1.54) is 12.1 Å². The van der Waals surface area contributed by atoms with Crippen LogP contribution in [0.1, 0.15) is 78.6 Å². The van der Waals surface area contributed by atoms with Crippen molar-refractivity contribution in [3.63, 3.8) is 0 Å². The maximum Gasteiger partial charge on any atom is 0.407 e. The summed E-state index contributed by atoms with van der Waals surface area (Å²) in [5.74, 6) is 0.221. The average Bonchev–Trinajstić information content (AvgIpc) is 3.01. The first kappa shape index (κ1) is 40.3. The normalized spacial score (nSPS) is 16.1. The van der Waals surface area contributed by atoms with Gasteiger partial charge in [-0.2, -0.15) is 0 Å². The molecule has 1 aromatic carbocycles. The number of carbonyl (C=O) groups is 3. The maximum absolute atomic E-state index is 12.4. The Morgan fingerprint density at radius 2 is 1.44 bits per heavy atom. The Balaban J connectivity index is 1.37. The fourth-order valence-electron chi connectivity index (χ4n) is 5.03. The summed E-state index contributed by atoms with van der Waals surface area (Å²) < 4.78 is 21.7. The second kappa shape index (κ2) is 21.9. The Morgan fingerprint density at radius 3 is 2.02 bits per heavy atom. The predicted molar refractivity (Wildman–Crippen MR) is 177 cm³/mol. The van der Waals surface area contributed by atoms with Crippen molar-refractivity contribution in [3.8, 4) is 0 Å². The molecule has 0 saturated heterocycles. The van der Waals surface area contributed by atoms with Gasteiger partial charge < -0.3 is 34.9 Å². The lowest BCUT2D eigenvalue weighted by Gasteiger charge is -2.29. The van der Waals surface area contributed by atoms with Crippen LogP contribution >= 0.6 is 0 Å². The van der Waals surface area contributed by atoms with Crippen molar-refractivity contribution in [1.82, 2.24) is 10.6 Å². The third kappa shape index (κ3) is 17.9. The molecule has 48 heavy (non-hydrogen) atoms. The van der Waals surface area contributed by atoms with Crippen molar-refractivity contribution in [2.75, 3.05) is 58.0 Å². The molecule has 16 heteroatoms. The van der Waals surface area contributed by atoms with Crippen LogP contribution in [0.4, 0.5) is 21.9 Å². The summed E-state index contributed by atoms with van der Waals surface area (Å²) in [4.78, 5) is 57.1. The summed E-state index contributed by atoms with van der Waals surface area (Å²) in [7, 11) is 0. The number of rotatable bonds is 23. The number of nitrogens with one attached hydrogen (secondary N) is 3. The molecule has 1 saturated carbocycles. The van der Waals surface area contributed by atoms with Crippen LogP contribution in [0.3, 0.4) is 0 Å². The van der Waals surface area contributed by atoms with Gasteiger partial charge >= 0.3 is 6.09 Å². The third-order valence-corrected chi connectivity index (χ3v) is 7.42. The number of nitro groups is 2. The van der Waals surface area contributed by atoms with Gasteiger partial charge in [0.15, 0.2) is 0 Å². The molecule has 16 nitrogen and oxygen atoms in total. The van der Waals surface area contributed by atoms with Crippen molar-refractivity contribution < 1.29 is 43.2 Å². The number of hydrogen-bond acceptors (Lipinski definition) is 12. The van der Waals surface area contributed by atoms with Crippen molar-refractivity contribution in [2.24, 2.45) is 5.92 Å². The number of non-ortho nitro benzene ring substituents is 1. The lowest BCUT2D eigenvalue weighted by molar-refractivity contribution is -0.393. The zero-order valence-corrected chi connectivity index (χ0v) is 28.3. The van der Waals surface area contributed by atoms with E-state index in [0.29, 0.717) is 72.0 Å². The van der Waals surface area contributed by atoms with Gasteiger partial charge in [-0.1, -0.05) is 0 Å². The summed E-state index contributed by atoms with van der Waals surface area (Å²) in [5, 5.41) is 30.6. The van der Waals surface area contributed by atoms with Gasteiger partial charge in [0.1, 0.15) is 17.1 Å². The zero-order chi connectivity index (χ0) is 35.4. The monoisotopic (exact) mass is 681 g/mol. The molecule has 270 valence electrons. The molecule has 1 aromatic rings. The highest BCUT2D eigenvalue weighted by Crippen LogP contribution is 2.29. The minimum Gasteiger partial charge on any atom is -0.444 e. The molecule has 0 radical (unpaired) electrons. The number of amides is 2. The summed E-state index contributed by atoms with van der Waals surface area (Å²) in [5.41, 5.74) is -1.02. The number of ketones is 1. The Kier molecular flexibility index (Phi) is 18.4. The summed E-state index contributed by atoms with van der Waals surface area (Å²) in [6.45, 7) is 8.76. The van der Waals surface area contributed by atoms with E-state index in [9.17, 15) is 34.6 Å². The van der Waals surface area contributed by atoms with Crippen molar-refractivity contribution >= 4 is 34.8 Å². The first-order valence-electron chi connectivity index (χ1n) is 16.5. The molecule has 0 unspecified atom stereocenters. The fraction of sp³-hybridized carbons (Fsp3) is 0.719. The summed E-state index contributed by atoms with van der Waals surface area (Å²) >= 11 is 0. The Labute approximate surface area is 281 Å². The van der Waals surface area contributed by atoms with Gasteiger partial charge in [0, 0.05) is 57.7 Å². The molecule has 1 aliphatic carbocycles. The Hall–Kier alpha value is -3.89. The molecule has 2 rings (SSSR count). The number of anilines is 1. The molecule has 1 aliphatic rings. The van der Waals surface area contributed by atoms with Crippen LogP contribution in [0.15, 0.2) is 18.2 Å². The van der Waals surface area contributed by atoms with Crippen LogP contribution in [-0.2, 0) is 28.5 Å². The molecule has 3 N–H and O–H groups in total. The largest absolute Gasteiger partial charge is 0.444 e. The van der Waals surface area contributed by atoms with Gasteiger partial charge in [-0.3, -0.25) is 29.8 Å². The Morgan fingerprint density at radius 1 is 0.833 bits per heavy atom. The molecule has 2 amide bonds. The number of alkyl carbamates (subject to hydrolysis) is 1. The van der Waals surface area contributed by atoms with E-state index < -0.39 is 21.5 Å². The summed E-state index contributed by atoms with van der Waals surface area (Å²) in [6, 6.07) is 3.52. The molecule has 0 bridgehead atoms. The number of nitro benzene ring substituents is 2. The quantitative estimate of drug-likeness (QED) is 0.0816. The molecular formula is C32H51N5O11. The molecule has 0 aromatic heterocycles. The van der Waals surface area contributed by atoms with E-state index in [0.717, 1.165) is 31.7 Å². The van der Waals surface area contributed by atoms with Crippen molar-refractivity contribution in [2.45, 2.75) is 90.2 Å². The third-order valence-electron chi connectivity index (χ3n) is 7.42. The predicted octanol–water partition coefficient (Wildman–Crippen LogP) is 4.68. The van der Waals surface area contributed by atoms with E-state index in [4.69, 9.17) is 18.9 Å². The topological polar surface area (TPSA) is 210 Å². The first-order chi connectivity index (χ1) is 22.8. The number of carbonyl (C=O) groups excluding carboxylic acids is 3. The van der Waals surface area contributed by atoms with Crippen molar-refractivity contribution in [3.05, 3.63) is 38.4 Å². The molecule has 0 aliphatic heterocycles. The lowest BCUT2D eigenvalue weighted by atomic mass is 9.82. The minimum absolute atomic E-state index is 0.0665. The lowest BCUT2D eigenvalue weighted by Crippen LogP contribution is -2.41. The van der Waals surface area contributed by atoms with E-state index in [-0.39, 0.29) is 53.6 Å². The van der Waals surface area contributed by atoms with Crippen LogP contribution in [0.5, 0.6) is 0 Å².